The van der Waals surface area contributed by atoms with Gasteiger partial charge in [0.25, 0.3) is 0 Å². The van der Waals surface area contributed by atoms with E-state index in [9.17, 15) is 0 Å². The van der Waals surface area contributed by atoms with Gasteiger partial charge >= 0.3 is 79.7 Å². The van der Waals surface area contributed by atoms with Crippen LogP contribution in [-0.2, 0) is 0.719 Å². The van der Waals surface area contributed by atoms with Crippen LogP contribution in [0.2, 0.25) is 0 Å². The summed E-state index contributed by atoms with van der Waals surface area (Å²) in [5.41, 5.74) is 0. The van der Waals surface area contributed by atoms with Gasteiger partial charge in [-0.1, -0.05) is 0 Å². The Morgan fingerprint density at radius 1 is 0.800 bits per heavy atom. The maximum absolute atomic E-state index is 2.56. The van der Waals surface area contributed by atoms with Gasteiger partial charge in [0.05, 0.1) is 0 Å². The zero-order valence-corrected chi connectivity index (χ0v) is 13.8. The van der Waals surface area contributed by atoms with Crippen molar-refractivity contribution in [2.24, 2.45) is 0 Å². The van der Waals surface area contributed by atoms with Gasteiger partial charge in [-0.2, -0.15) is 0 Å². The van der Waals surface area contributed by atoms with E-state index in [1.165, 1.54) is 0 Å². The fourth-order valence-electron chi connectivity index (χ4n) is 0. The van der Waals surface area contributed by atoms with Gasteiger partial charge in [-0.15, -0.1) is 0 Å². The average Bonchev–Trinajstić information content (AvgIpc) is 0.722. The van der Waals surface area contributed by atoms with Crippen LogP contribution >= 0.6 is 79.0 Å². The molecule has 0 fully saturated rings. The molecule has 0 heterocycles. The van der Waals surface area contributed by atoms with Crippen LogP contribution in [0.5, 0.6) is 0 Å². The summed E-state index contributed by atoms with van der Waals surface area (Å²) in [6.45, 7) is 0. The van der Waals surface area contributed by atoms with Crippen molar-refractivity contribution in [2.75, 3.05) is 0 Å². The molecule has 0 spiro atoms. The quantitative estimate of drug-likeness (QED) is 0.308. The first kappa shape index (κ1) is 8.54. The standard InChI is InChI=1S/4HI.Zn/h4*1H;/q;;;;+4/p-4. The minimum atomic E-state index is -1.37. The molecule has 0 N–H and O–H groups in total. The predicted molar refractivity (Wildman–Crippen MR) is 56.1 cm³/mol. The summed E-state index contributed by atoms with van der Waals surface area (Å²) >= 11 is 10.2. The SMILES string of the molecule is [I][Zn]([I])([I])[I]. The first-order valence-electron chi connectivity index (χ1n) is 1.07. The Labute approximate surface area is 77.2 Å². The second-order valence-corrected chi connectivity index (χ2v) is 142. The fraction of sp³-hybridized carbons (Fsp3) is 0. The van der Waals surface area contributed by atoms with Crippen molar-refractivity contribution in [3.8, 4) is 0 Å². The molecule has 5 heavy (non-hydrogen) atoms. The summed E-state index contributed by atoms with van der Waals surface area (Å²) in [5, 5.41) is 0. The Morgan fingerprint density at radius 3 is 0.800 bits per heavy atom. The molecule has 0 bridgehead atoms. The van der Waals surface area contributed by atoms with Gasteiger partial charge in [-0.3, -0.25) is 0 Å². The molecular weight excluding hydrogens is 573 g/mol. The van der Waals surface area contributed by atoms with Crippen molar-refractivity contribution in [1.29, 1.82) is 0 Å². The molecule has 0 amide bonds. The van der Waals surface area contributed by atoms with Crippen molar-refractivity contribution >= 4 is 79.0 Å². The summed E-state index contributed by atoms with van der Waals surface area (Å²) in [6, 6.07) is 0. The van der Waals surface area contributed by atoms with Crippen LogP contribution in [0.4, 0.5) is 0 Å². The molecule has 0 saturated carbocycles. The molecule has 0 aliphatic heterocycles. The van der Waals surface area contributed by atoms with Crippen LogP contribution in [0.1, 0.15) is 0 Å². The molecule has 5 heteroatoms. The summed E-state index contributed by atoms with van der Waals surface area (Å²) in [5.74, 6) is 0. The van der Waals surface area contributed by atoms with E-state index < -0.39 is 0.719 Å². The fourth-order valence-corrected chi connectivity index (χ4v) is 0. The topological polar surface area (TPSA) is 0 Å². The zero-order valence-electron chi connectivity index (χ0n) is 2.22. The van der Waals surface area contributed by atoms with Crippen molar-refractivity contribution in [3.63, 3.8) is 0 Å². The molecule has 0 aliphatic rings. The molecule has 0 saturated heterocycles. The molecule has 0 aromatic heterocycles. The average molecular weight is 573 g/mol. The van der Waals surface area contributed by atoms with E-state index in [2.05, 4.69) is 79.0 Å². The van der Waals surface area contributed by atoms with Crippen molar-refractivity contribution in [3.05, 3.63) is 0 Å². The van der Waals surface area contributed by atoms with Crippen molar-refractivity contribution in [1.82, 2.24) is 0 Å². The maximum atomic E-state index is 2.56. The molecule has 0 aliphatic carbocycles. The van der Waals surface area contributed by atoms with Gasteiger partial charge in [0.15, 0.2) is 0 Å². The number of halogens is 4. The van der Waals surface area contributed by atoms with Gasteiger partial charge in [0.1, 0.15) is 0 Å². The van der Waals surface area contributed by atoms with Gasteiger partial charge in [0, 0.05) is 0 Å². The molecule has 0 aromatic carbocycles. The normalized spacial score (nSPS) is 8.80. The van der Waals surface area contributed by atoms with Crippen LogP contribution in [0.15, 0.2) is 0 Å². The Balaban J connectivity index is 3.02. The molecule has 0 radical (unpaired) electrons. The van der Waals surface area contributed by atoms with E-state index in [4.69, 9.17) is 0 Å². The first-order chi connectivity index (χ1) is 2.00. The Kier molecular flexibility index (Phi) is 6.06. The third-order valence-electron chi connectivity index (χ3n) is 0. The van der Waals surface area contributed by atoms with E-state index >= 15 is 0 Å². The molecule has 0 nitrogen and oxygen atoms in total. The van der Waals surface area contributed by atoms with Crippen molar-refractivity contribution < 1.29 is 0.719 Å². The second kappa shape index (κ2) is 3.55. The van der Waals surface area contributed by atoms with Gasteiger partial charge < -0.3 is 0 Å². The summed E-state index contributed by atoms with van der Waals surface area (Å²) in [4.78, 5) is 0. The zero-order chi connectivity index (χ0) is 4.50. The third-order valence-corrected chi connectivity index (χ3v) is 0. The molecular formula is I4Zn. The summed E-state index contributed by atoms with van der Waals surface area (Å²) in [6.07, 6.45) is 0. The van der Waals surface area contributed by atoms with Crippen LogP contribution in [-0.4, -0.2) is 0 Å². The Morgan fingerprint density at radius 2 is 0.800 bits per heavy atom. The van der Waals surface area contributed by atoms with Crippen LogP contribution < -0.4 is 0 Å². The van der Waals surface area contributed by atoms with Crippen LogP contribution in [0.25, 0.3) is 0 Å². The molecule has 0 atom stereocenters. The van der Waals surface area contributed by atoms with E-state index in [1.807, 2.05) is 0 Å². The first-order valence-corrected chi connectivity index (χ1v) is 37.3. The Bertz CT molecular complexity index is 19.1. The Hall–Kier alpha value is 3.54. The van der Waals surface area contributed by atoms with Crippen molar-refractivity contribution in [2.45, 2.75) is 0 Å². The van der Waals surface area contributed by atoms with Gasteiger partial charge in [0.2, 0.25) is 0 Å². The summed E-state index contributed by atoms with van der Waals surface area (Å²) in [7, 11) is 0. The van der Waals surface area contributed by atoms with Gasteiger partial charge in [-0.05, 0) is 0 Å². The monoisotopic (exact) mass is 572 g/mol. The van der Waals surface area contributed by atoms with E-state index in [1.54, 1.807) is 0 Å². The van der Waals surface area contributed by atoms with E-state index in [-0.39, 0.29) is 0 Å². The number of rotatable bonds is 0. The van der Waals surface area contributed by atoms with Crippen LogP contribution in [0.3, 0.4) is 0 Å². The molecule has 0 aromatic rings. The minimum absolute atomic E-state index is 1.37. The number of hydrogen-bond donors (Lipinski definition) is 0. The van der Waals surface area contributed by atoms with E-state index in [0.717, 1.165) is 0 Å². The van der Waals surface area contributed by atoms with Crippen LogP contribution in [0, 0.1) is 0 Å². The predicted octanol–water partition coefficient (Wildman–Crippen LogP) is 3.54. The number of hydrogen-bond acceptors (Lipinski definition) is 0. The molecule has 0 unspecified atom stereocenters. The summed E-state index contributed by atoms with van der Waals surface area (Å²) < 4.78 is -1.37. The molecule has 0 rings (SSSR count). The van der Waals surface area contributed by atoms with E-state index in [0.29, 0.717) is 0 Å². The van der Waals surface area contributed by atoms with Gasteiger partial charge in [-0.25, -0.2) is 0 Å². The molecule has 30 valence electrons. The third kappa shape index (κ3) is 18.5. The second-order valence-electron chi connectivity index (χ2n) is 0.606.